The van der Waals surface area contributed by atoms with Gasteiger partial charge < -0.3 is 15.2 Å². The quantitative estimate of drug-likeness (QED) is 0.824. The summed E-state index contributed by atoms with van der Waals surface area (Å²) < 4.78 is 5.16. The summed E-state index contributed by atoms with van der Waals surface area (Å²) in [6, 6.07) is 5.60. The number of hydrogen-bond acceptors (Lipinski definition) is 3. The summed E-state index contributed by atoms with van der Waals surface area (Å²) in [5, 5.41) is 11.9. The predicted octanol–water partition coefficient (Wildman–Crippen LogP) is 2.10. The molecule has 1 atom stereocenters. The van der Waals surface area contributed by atoms with Gasteiger partial charge in [-0.3, -0.25) is 4.79 Å². The topological polar surface area (TPSA) is 58.6 Å². The first-order valence-electron chi connectivity index (χ1n) is 5.65. The van der Waals surface area contributed by atoms with Gasteiger partial charge in [-0.1, -0.05) is 6.07 Å². The Balaban J connectivity index is 2.66. The van der Waals surface area contributed by atoms with Crippen molar-refractivity contribution in [2.24, 2.45) is 0 Å². The van der Waals surface area contributed by atoms with Crippen LogP contribution in [-0.2, 0) is 4.79 Å². The van der Waals surface area contributed by atoms with Gasteiger partial charge >= 0.3 is 0 Å². The van der Waals surface area contributed by atoms with Gasteiger partial charge in [-0.05, 0) is 38.0 Å². The number of ether oxygens (including phenoxy) is 1. The smallest absolute Gasteiger partial charge is 0.224 e. The molecule has 2 N–H and O–H groups in total. The highest BCUT2D eigenvalue weighted by molar-refractivity contribution is 5.92. The molecule has 0 radical (unpaired) electrons. The molecule has 17 heavy (non-hydrogen) atoms. The maximum atomic E-state index is 11.6. The zero-order valence-electron chi connectivity index (χ0n) is 10.5. The predicted molar refractivity (Wildman–Crippen MR) is 67.3 cm³/mol. The van der Waals surface area contributed by atoms with E-state index in [1.165, 1.54) is 0 Å². The second-order valence-electron chi connectivity index (χ2n) is 4.14. The number of anilines is 1. The van der Waals surface area contributed by atoms with Gasteiger partial charge in [0.2, 0.25) is 5.91 Å². The highest BCUT2D eigenvalue weighted by atomic mass is 16.5. The average Bonchev–Trinajstić information content (AvgIpc) is 2.27. The molecule has 0 saturated carbocycles. The van der Waals surface area contributed by atoms with E-state index in [0.29, 0.717) is 24.3 Å². The molecule has 0 aliphatic carbocycles. The van der Waals surface area contributed by atoms with Crippen LogP contribution in [0.1, 0.15) is 25.3 Å². The third kappa shape index (κ3) is 4.44. The minimum Gasteiger partial charge on any atom is -0.495 e. The molecular formula is C13H19NO3. The fourth-order valence-corrected chi connectivity index (χ4v) is 1.47. The number of rotatable bonds is 5. The lowest BCUT2D eigenvalue weighted by molar-refractivity contribution is -0.116. The van der Waals surface area contributed by atoms with Crippen LogP contribution >= 0.6 is 0 Å². The monoisotopic (exact) mass is 237 g/mol. The summed E-state index contributed by atoms with van der Waals surface area (Å²) in [5.74, 6) is 0.524. The van der Waals surface area contributed by atoms with E-state index >= 15 is 0 Å². The summed E-state index contributed by atoms with van der Waals surface area (Å²) in [7, 11) is 1.57. The zero-order chi connectivity index (χ0) is 12.8. The van der Waals surface area contributed by atoms with Gasteiger partial charge in [0.15, 0.2) is 0 Å². The van der Waals surface area contributed by atoms with Crippen LogP contribution in [0.3, 0.4) is 0 Å². The van der Waals surface area contributed by atoms with E-state index in [4.69, 9.17) is 9.84 Å². The Kier molecular flexibility index (Phi) is 4.97. The van der Waals surface area contributed by atoms with Crippen molar-refractivity contribution in [2.45, 2.75) is 32.8 Å². The highest BCUT2D eigenvalue weighted by Gasteiger charge is 2.08. The first-order chi connectivity index (χ1) is 8.02. The molecule has 4 heteroatoms. The fraction of sp³-hybridized carbons (Fsp3) is 0.462. The number of carbonyl (C=O) groups is 1. The first-order valence-corrected chi connectivity index (χ1v) is 5.65. The Labute approximate surface area is 102 Å². The highest BCUT2D eigenvalue weighted by Crippen LogP contribution is 2.25. The van der Waals surface area contributed by atoms with Gasteiger partial charge in [0.05, 0.1) is 18.9 Å². The van der Waals surface area contributed by atoms with E-state index in [2.05, 4.69) is 5.32 Å². The van der Waals surface area contributed by atoms with Crippen LogP contribution in [-0.4, -0.2) is 24.2 Å². The van der Waals surface area contributed by atoms with Crippen LogP contribution in [0.2, 0.25) is 0 Å². The molecule has 94 valence electrons. The van der Waals surface area contributed by atoms with Crippen molar-refractivity contribution in [3.05, 3.63) is 23.8 Å². The number of aryl methyl sites for hydroxylation is 1. The van der Waals surface area contributed by atoms with Gasteiger partial charge in [-0.25, -0.2) is 0 Å². The lowest BCUT2D eigenvalue weighted by Gasteiger charge is -2.11. The molecule has 0 heterocycles. The minimum absolute atomic E-state index is 0.116. The number of nitrogens with one attached hydrogen (secondary N) is 1. The molecule has 1 aromatic rings. The van der Waals surface area contributed by atoms with Crippen LogP contribution in [0, 0.1) is 6.92 Å². The number of aliphatic hydroxyl groups is 1. The van der Waals surface area contributed by atoms with Crippen LogP contribution < -0.4 is 10.1 Å². The molecule has 1 amide bonds. The Hall–Kier alpha value is -1.55. The number of aliphatic hydroxyl groups excluding tert-OH is 1. The summed E-state index contributed by atoms with van der Waals surface area (Å²) >= 11 is 0. The van der Waals surface area contributed by atoms with E-state index < -0.39 is 6.10 Å². The van der Waals surface area contributed by atoms with Crippen molar-refractivity contribution in [3.8, 4) is 5.75 Å². The second-order valence-corrected chi connectivity index (χ2v) is 4.14. The van der Waals surface area contributed by atoms with Crippen molar-refractivity contribution >= 4 is 11.6 Å². The molecule has 0 aliphatic heterocycles. The van der Waals surface area contributed by atoms with Crippen molar-refractivity contribution in [2.75, 3.05) is 12.4 Å². The molecule has 0 aromatic heterocycles. The van der Waals surface area contributed by atoms with Crippen molar-refractivity contribution in [1.82, 2.24) is 0 Å². The molecule has 1 rings (SSSR count). The molecule has 4 nitrogen and oxygen atoms in total. The molecule has 1 aromatic carbocycles. The first kappa shape index (κ1) is 13.5. The van der Waals surface area contributed by atoms with E-state index in [1.54, 1.807) is 14.0 Å². The van der Waals surface area contributed by atoms with E-state index in [9.17, 15) is 4.79 Å². The normalized spacial score (nSPS) is 12.0. The molecule has 0 saturated heterocycles. The molecule has 0 bridgehead atoms. The second kappa shape index (κ2) is 6.25. The number of carbonyl (C=O) groups excluding carboxylic acids is 1. The third-order valence-electron chi connectivity index (χ3n) is 2.42. The molecule has 0 spiro atoms. The van der Waals surface area contributed by atoms with Crippen molar-refractivity contribution < 1.29 is 14.6 Å². The molecule has 0 fully saturated rings. The largest absolute Gasteiger partial charge is 0.495 e. The minimum atomic E-state index is -0.458. The Morgan fingerprint density at radius 1 is 1.53 bits per heavy atom. The Bertz CT molecular complexity index is 388. The van der Waals surface area contributed by atoms with Crippen LogP contribution in [0.25, 0.3) is 0 Å². The average molecular weight is 237 g/mol. The van der Waals surface area contributed by atoms with Gasteiger partial charge in [0.1, 0.15) is 5.75 Å². The van der Waals surface area contributed by atoms with E-state index in [0.717, 1.165) is 5.56 Å². The van der Waals surface area contributed by atoms with Crippen molar-refractivity contribution in [3.63, 3.8) is 0 Å². The van der Waals surface area contributed by atoms with Gasteiger partial charge in [-0.15, -0.1) is 0 Å². The lowest BCUT2D eigenvalue weighted by Crippen LogP contribution is -2.14. The summed E-state index contributed by atoms with van der Waals surface area (Å²) in [5.41, 5.74) is 1.72. The van der Waals surface area contributed by atoms with Gasteiger partial charge in [0, 0.05) is 6.42 Å². The fourth-order valence-electron chi connectivity index (χ4n) is 1.47. The molecule has 1 unspecified atom stereocenters. The van der Waals surface area contributed by atoms with E-state index in [1.807, 2.05) is 25.1 Å². The summed E-state index contributed by atoms with van der Waals surface area (Å²) in [4.78, 5) is 11.6. The van der Waals surface area contributed by atoms with Crippen molar-refractivity contribution in [1.29, 1.82) is 0 Å². The standard InChI is InChI=1S/C13H19NO3/c1-9-4-6-12(17-3)11(8-9)14-13(16)7-5-10(2)15/h4,6,8,10,15H,5,7H2,1-3H3,(H,14,16). The summed E-state index contributed by atoms with van der Waals surface area (Å²) in [6.07, 6.45) is 0.300. The van der Waals surface area contributed by atoms with Gasteiger partial charge in [-0.2, -0.15) is 0 Å². The number of amides is 1. The van der Waals surface area contributed by atoms with Crippen LogP contribution in [0.15, 0.2) is 18.2 Å². The van der Waals surface area contributed by atoms with E-state index in [-0.39, 0.29) is 5.91 Å². The summed E-state index contributed by atoms with van der Waals surface area (Å²) in [6.45, 7) is 3.62. The number of hydrogen-bond donors (Lipinski definition) is 2. The Morgan fingerprint density at radius 3 is 2.82 bits per heavy atom. The Morgan fingerprint density at radius 2 is 2.24 bits per heavy atom. The van der Waals surface area contributed by atoms with Crippen LogP contribution in [0.4, 0.5) is 5.69 Å². The number of methoxy groups -OCH3 is 1. The van der Waals surface area contributed by atoms with Gasteiger partial charge in [0.25, 0.3) is 0 Å². The van der Waals surface area contributed by atoms with Crippen LogP contribution in [0.5, 0.6) is 5.75 Å². The maximum absolute atomic E-state index is 11.6. The SMILES string of the molecule is COc1ccc(C)cc1NC(=O)CCC(C)O. The maximum Gasteiger partial charge on any atom is 0.224 e. The molecular weight excluding hydrogens is 218 g/mol. The third-order valence-corrected chi connectivity index (χ3v) is 2.42. The lowest BCUT2D eigenvalue weighted by atomic mass is 10.2. The molecule has 0 aliphatic rings. The zero-order valence-corrected chi connectivity index (χ0v) is 10.5. The number of benzene rings is 1.